The molecule has 0 amide bonds. The Morgan fingerprint density at radius 3 is 0.540 bits per heavy atom. The van der Waals surface area contributed by atoms with Crippen molar-refractivity contribution in [2.24, 2.45) is 0 Å². The molecule has 0 bridgehead atoms. The highest BCUT2D eigenvalue weighted by Crippen LogP contribution is 2.17. The first-order chi connectivity index (χ1) is 49.1. The van der Waals surface area contributed by atoms with Crippen LogP contribution in [0.15, 0.2) is 0 Å². The Bertz CT molecular complexity index is 1700. The molecule has 15 nitrogen and oxygen atoms in total. The van der Waals surface area contributed by atoms with Gasteiger partial charge in [-0.25, -0.2) is 0 Å². The maximum Gasteiger partial charge on any atom is 0.307 e. The van der Waals surface area contributed by atoms with Gasteiger partial charge in [0.25, 0.3) is 0 Å². The van der Waals surface area contributed by atoms with Crippen LogP contribution >= 0.6 is 0 Å². The molecule has 0 spiro atoms. The summed E-state index contributed by atoms with van der Waals surface area (Å²) in [6.45, 7) is 24.5. The van der Waals surface area contributed by atoms with Crippen LogP contribution in [-0.4, -0.2) is 186 Å². The molecule has 0 saturated carbocycles. The number of carbonyl (C=O) groups is 5. The highest BCUT2D eigenvalue weighted by Gasteiger charge is 2.22. The summed E-state index contributed by atoms with van der Waals surface area (Å²) >= 11 is 0. The van der Waals surface area contributed by atoms with Crippen molar-refractivity contribution in [1.82, 2.24) is 24.5 Å². The third-order valence-corrected chi connectivity index (χ3v) is 20.6. The molecule has 100 heavy (non-hydrogen) atoms. The largest absolute Gasteiger partial charge is 0.466 e. The van der Waals surface area contributed by atoms with Crippen molar-refractivity contribution in [1.29, 1.82) is 0 Å². The summed E-state index contributed by atoms with van der Waals surface area (Å²) in [6, 6.07) is 0. The normalized spacial score (nSPS) is 12.9. The lowest BCUT2D eigenvalue weighted by atomic mass is 10.1. The van der Waals surface area contributed by atoms with E-state index >= 15 is 0 Å². The van der Waals surface area contributed by atoms with E-state index in [2.05, 4.69) is 59.1 Å². The molecule has 1 heterocycles. The molecule has 590 valence electrons. The third-order valence-electron chi connectivity index (χ3n) is 20.6. The number of unbranched alkanes of at least 4 members (excludes halogenated alkanes) is 45. The Hall–Kier alpha value is -2.85. The smallest absolute Gasteiger partial charge is 0.307 e. The van der Waals surface area contributed by atoms with Crippen LogP contribution < -0.4 is 0 Å². The van der Waals surface area contributed by atoms with Gasteiger partial charge in [-0.1, -0.05) is 324 Å². The van der Waals surface area contributed by atoms with E-state index in [1.54, 1.807) is 0 Å². The average molecular weight is 1420 g/mol. The Kier molecular flexibility index (Phi) is 72.2. The average Bonchev–Trinajstić information content (AvgIpc) is 1.02. The van der Waals surface area contributed by atoms with Crippen LogP contribution in [-0.2, 0) is 47.7 Å². The minimum atomic E-state index is -0.192. The fraction of sp³-hybridized carbons (Fsp3) is 0.941. The first kappa shape index (κ1) is 95.2. The van der Waals surface area contributed by atoms with Crippen LogP contribution in [0.4, 0.5) is 0 Å². The number of piperazine rings is 1. The van der Waals surface area contributed by atoms with Gasteiger partial charge < -0.3 is 38.4 Å². The van der Waals surface area contributed by atoms with E-state index in [0.29, 0.717) is 98.1 Å². The number of esters is 5. The van der Waals surface area contributed by atoms with Gasteiger partial charge in [-0.3, -0.25) is 33.8 Å². The molecule has 15 heteroatoms. The standard InChI is InChI=1S/C85H165N5O10/c1-6-11-16-21-26-31-36-41-46-51-76-96-81(91)56-61-86(62-57-82(92)97-77-52-47-42-37-32-27-22-17-12-7-2)66-68-88(65-60-85(95)100-80-55-50-45-40-35-30-25-20-15-10-5)69-71-90-74-72-89(73-75-90)70-67-87(63-58-83(93)98-78-53-48-43-38-33-28-23-18-13-8-3)64-59-84(94)99-79-54-49-44-39-34-29-24-19-14-9-4/h6-80H2,1-5H3. The molecule has 0 radical (unpaired) electrons. The Labute approximate surface area is 618 Å². The van der Waals surface area contributed by atoms with Gasteiger partial charge in [0.2, 0.25) is 0 Å². The van der Waals surface area contributed by atoms with Crippen LogP contribution in [0.25, 0.3) is 0 Å². The lowest BCUT2D eigenvalue weighted by Gasteiger charge is -2.37. The second-order valence-corrected chi connectivity index (χ2v) is 30.0. The van der Waals surface area contributed by atoms with Crippen molar-refractivity contribution in [3.05, 3.63) is 0 Å². The van der Waals surface area contributed by atoms with E-state index in [1.165, 1.54) is 257 Å². The molecular formula is C85H165N5O10. The second-order valence-electron chi connectivity index (χ2n) is 30.0. The van der Waals surface area contributed by atoms with Crippen molar-refractivity contribution in [2.45, 2.75) is 388 Å². The number of hydrogen-bond acceptors (Lipinski definition) is 15. The first-order valence-corrected chi connectivity index (χ1v) is 43.5. The topological polar surface area (TPSA) is 148 Å². The molecule has 0 atom stereocenters. The van der Waals surface area contributed by atoms with Gasteiger partial charge in [-0.15, -0.1) is 0 Å². The molecule has 0 aromatic rings. The van der Waals surface area contributed by atoms with Crippen molar-refractivity contribution in [3.8, 4) is 0 Å². The Balaban J connectivity index is 2.99. The Morgan fingerprint density at radius 2 is 0.360 bits per heavy atom. The zero-order chi connectivity index (χ0) is 72.3. The Morgan fingerprint density at radius 1 is 0.210 bits per heavy atom. The van der Waals surface area contributed by atoms with Crippen LogP contribution in [0, 0.1) is 0 Å². The summed E-state index contributed by atoms with van der Waals surface area (Å²) in [6.07, 6.45) is 63.1. The molecule has 1 saturated heterocycles. The minimum Gasteiger partial charge on any atom is -0.466 e. The maximum atomic E-state index is 13.3. The molecular weight excluding hydrogens is 1250 g/mol. The van der Waals surface area contributed by atoms with E-state index in [1.807, 2.05) is 0 Å². The predicted octanol–water partition coefficient (Wildman–Crippen LogP) is 20.8. The molecule has 0 aromatic heterocycles. The van der Waals surface area contributed by atoms with Crippen LogP contribution in [0.5, 0.6) is 0 Å². The molecule has 0 N–H and O–H groups in total. The van der Waals surface area contributed by atoms with Gasteiger partial charge in [0.05, 0.1) is 65.1 Å². The number of nitrogens with zero attached hydrogens (tertiary/aromatic N) is 5. The van der Waals surface area contributed by atoms with E-state index in [0.717, 1.165) is 117 Å². The first-order valence-electron chi connectivity index (χ1n) is 43.5. The number of rotatable bonds is 79. The highest BCUT2D eigenvalue weighted by molar-refractivity contribution is 5.71. The minimum absolute atomic E-state index is 0.154. The van der Waals surface area contributed by atoms with Crippen molar-refractivity contribution in [3.63, 3.8) is 0 Å². The molecule has 0 unspecified atom stereocenters. The van der Waals surface area contributed by atoms with E-state index in [9.17, 15) is 24.0 Å². The van der Waals surface area contributed by atoms with Crippen molar-refractivity contribution in [2.75, 3.05) is 131 Å². The van der Waals surface area contributed by atoms with E-state index in [4.69, 9.17) is 23.7 Å². The zero-order valence-electron chi connectivity index (χ0n) is 66.9. The summed E-state index contributed by atoms with van der Waals surface area (Å²) in [7, 11) is 0. The fourth-order valence-corrected chi connectivity index (χ4v) is 13.6. The number of ether oxygens (including phenoxy) is 5. The van der Waals surface area contributed by atoms with Gasteiger partial charge in [-0.05, 0) is 32.1 Å². The summed E-state index contributed by atoms with van der Waals surface area (Å²) in [4.78, 5) is 77.8. The van der Waals surface area contributed by atoms with Crippen LogP contribution in [0.2, 0.25) is 0 Å². The predicted molar refractivity (Wildman–Crippen MR) is 419 cm³/mol. The van der Waals surface area contributed by atoms with Gasteiger partial charge in [-0.2, -0.15) is 0 Å². The zero-order valence-corrected chi connectivity index (χ0v) is 66.9. The fourth-order valence-electron chi connectivity index (χ4n) is 13.6. The lowest BCUT2D eigenvalue weighted by Crippen LogP contribution is -2.50. The highest BCUT2D eigenvalue weighted by atomic mass is 16.5. The van der Waals surface area contributed by atoms with Gasteiger partial charge in [0.1, 0.15) is 0 Å². The number of carbonyl (C=O) groups excluding carboxylic acids is 5. The summed E-state index contributed by atoms with van der Waals surface area (Å²) in [5, 5.41) is 0. The maximum absolute atomic E-state index is 13.3. The molecule has 0 aliphatic carbocycles. The van der Waals surface area contributed by atoms with Gasteiger partial charge in [0.15, 0.2) is 0 Å². The van der Waals surface area contributed by atoms with Gasteiger partial charge in [0, 0.05) is 98.2 Å². The molecule has 0 aromatic carbocycles. The quantitative estimate of drug-likeness (QED) is 0.0323. The molecule has 1 aliphatic rings. The van der Waals surface area contributed by atoms with E-state index < -0.39 is 0 Å². The summed E-state index contributed by atoms with van der Waals surface area (Å²) in [5.41, 5.74) is 0. The molecule has 1 rings (SSSR count). The van der Waals surface area contributed by atoms with Crippen LogP contribution in [0.3, 0.4) is 0 Å². The number of hydrogen-bond donors (Lipinski definition) is 0. The summed E-state index contributed by atoms with van der Waals surface area (Å²) < 4.78 is 28.8. The van der Waals surface area contributed by atoms with Crippen molar-refractivity contribution < 1.29 is 47.7 Å². The lowest BCUT2D eigenvalue weighted by molar-refractivity contribution is -0.146. The SMILES string of the molecule is CCCCCCCCCCCCOC(=O)CCN(CCC(=O)OCCCCCCCCCCCC)CCN(CCC(=O)OCCCCCCCCCCCC)CCN1CCN(CCN(CCC(=O)OCCCCCCCCCCCC)CCC(=O)OCCCCCCCCCCCC)CC1. The molecule has 1 aliphatic heterocycles. The van der Waals surface area contributed by atoms with E-state index in [-0.39, 0.29) is 42.7 Å². The molecule has 1 fully saturated rings. The van der Waals surface area contributed by atoms with Crippen LogP contribution in [0.1, 0.15) is 388 Å². The third kappa shape index (κ3) is 67.1. The summed E-state index contributed by atoms with van der Waals surface area (Å²) in [5.74, 6) is -0.861. The van der Waals surface area contributed by atoms with Crippen molar-refractivity contribution >= 4 is 29.8 Å². The second kappa shape index (κ2) is 75.8. The monoisotopic (exact) mass is 1420 g/mol. The van der Waals surface area contributed by atoms with Gasteiger partial charge >= 0.3 is 29.8 Å².